The van der Waals surface area contributed by atoms with E-state index in [0.717, 1.165) is 27.1 Å². The van der Waals surface area contributed by atoms with E-state index >= 15 is 0 Å². The molecule has 0 unspecified atom stereocenters. The largest absolute Gasteiger partial charge is 0.477 e. The lowest BCUT2D eigenvalue weighted by Gasteiger charge is -2.08. The third-order valence-electron chi connectivity index (χ3n) is 4.67. The van der Waals surface area contributed by atoms with E-state index in [2.05, 4.69) is 16.6 Å². The summed E-state index contributed by atoms with van der Waals surface area (Å²) in [5.74, 6) is -0.599. The summed E-state index contributed by atoms with van der Waals surface area (Å²) >= 11 is 5.77. The Bertz CT molecular complexity index is 1280. The Hall–Kier alpha value is -3.97. The van der Waals surface area contributed by atoms with Gasteiger partial charge >= 0.3 is 5.69 Å². The second-order valence-corrected chi connectivity index (χ2v) is 7.12. The first-order chi connectivity index (χ1) is 15.0. The predicted octanol–water partition coefficient (Wildman–Crippen LogP) is 5.08. The van der Waals surface area contributed by atoms with E-state index in [1.165, 1.54) is 18.2 Å². The van der Waals surface area contributed by atoms with Crippen LogP contribution < -0.4 is 10.2 Å². The minimum atomic E-state index is -0.622. The molecule has 4 aromatic rings. The maximum Gasteiger partial charge on any atom is 0.312 e. The molecule has 0 saturated heterocycles. The molecule has 0 aliphatic carbocycles. The molecule has 4 aromatic carbocycles. The van der Waals surface area contributed by atoms with Gasteiger partial charge in [0.1, 0.15) is 0 Å². The van der Waals surface area contributed by atoms with E-state index in [1.807, 2.05) is 48.5 Å². The van der Waals surface area contributed by atoms with Gasteiger partial charge in [0.05, 0.1) is 11.1 Å². The van der Waals surface area contributed by atoms with Crippen molar-refractivity contribution in [1.82, 2.24) is 5.43 Å². The van der Waals surface area contributed by atoms with E-state index in [9.17, 15) is 14.9 Å². The highest BCUT2D eigenvalue weighted by molar-refractivity contribution is 6.30. The lowest BCUT2D eigenvalue weighted by atomic mass is 9.97. The Morgan fingerprint density at radius 1 is 1.03 bits per heavy atom. The molecule has 0 aliphatic heterocycles. The van der Waals surface area contributed by atoms with Crippen molar-refractivity contribution in [3.63, 3.8) is 0 Å². The maximum atomic E-state index is 12.1. The quantitative estimate of drug-likeness (QED) is 0.198. The zero-order chi connectivity index (χ0) is 21.8. The molecular formula is C23H16ClN3O4. The molecule has 0 atom stereocenters. The molecule has 154 valence electrons. The number of hydrazone groups is 1. The molecular weight excluding hydrogens is 418 g/mol. The first-order valence-electron chi connectivity index (χ1n) is 9.32. The zero-order valence-corrected chi connectivity index (χ0v) is 16.9. The SMILES string of the molecule is O=C(COc1ccc(Cl)cc1[N+](=O)[O-])NN=Cc1c2ccccc2cc2ccccc12. The van der Waals surface area contributed by atoms with Crippen molar-refractivity contribution < 1.29 is 14.5 Å². The fourth-order valence-electron chi connectivity index (χ4n) is 3.29. The molecule has 0 radical (unpaired) electrons. The van der Waals surface area contributed by atoms with Crippen LogP contribution in [0, 0.1) is 10.1 Å². The summed E-state index contributed by atoms with van der Waals surface area (Å²) in [4.78, 5) is 22.6. The van der Waals surface area contributed by atoms with Crippen molar-refractivity contribution in [3.05, 3.63) is 93.5 Å². The number of benzene rings is 4. The lowest BCUT2D eigenvalue weighted by Crippen LogP contribution is -2.24. The average Bonchev–Trinajstić information content (AvgIpc) is 2.77. The number of fused-ring (bicyclic) bond motifs is 2. The normalized spacial score (nSPS) is 11.1. The number of hydrogen-bond donors (Lipinski definition) is 1. The summed E-state index contributed by atoms with van der Waals surface area (Å²) in [5, 5.41) is 19.5. The first kappa shape index (κ1) is 20.3. The molecule has 0 bridgehead atoms. The van der Waals surface area contributed by atoms with Gasteiger partial charge in [-0.05, 0) is 39.7 Å². The van der Waals surface area contributed by atoms with Crippen molar-refractivity contribution in [1.29, 1.82) is 0 Å². The summed E-state index contributed by atoms with van der Waals surface area (Å²) < 4.78 is 5.27. The number of rotatable bonds is 6. The minimum Gasteiger partial charge on any atom is -0.477 e. The van der Waals surface area contributed by atoms with Crippen molar-refractivity contribution in [2.45, 2.75) is 0 Å². The molecule has 31 heavy (non-hydrogen) atoms. The average molecular weight is 434 g/mol. The van der Waals surface area contributed by atoms with E-state index in [1.54, 1.807) is 6.21 Å². The monoisotopic (exact) mass is 433 g/mol. The summed E-state index contributed by atoms with van der Waals surface area (Å²) in [6.45, 7) is -0.434. The van der Waals surface area contributed by atoms with Gasteiger partial charge < -0.3 is 4.74 Å². The highest BCUT2D eigenvalue weighted by atomic mass is 35.5. The molecule has 0 aliphatic rings. The van der Waals surface area contributed by atoms with Crippen LogP contribution in [0.5, 0.6) is 5.75 Å². The van der Waals surface area contributed by atoms with Gasteiger partial charge in [-0.3, -0.25) is 14.9 Å². The molecule has 0 spiro atoms. The van der Waals surface area contributed by atoms with Crippen molar-refractivity contribution in [2.75, 3.05) is 6.61 Å². The molecule has 7 nitrogen and oxygen atoms in total. The van der Waals surface area contributed by atoms with E-state index < -0.39 is 17.4 Å². The van der Waals surface area contributed by atoms with E-state index in [4.69, 9.17) is 16.3 Å². The van der Waals surface area contributed by atoms with Crippen LogP contribution in [0.1, 0.15) is 5.56 Å². The van der Waals surface area contributed by atoms with Crippen molar-refractivity contribution in [2.24, 2.45) is 5.10 Å². The van der Waals surface area contributed by atoms with Crippen LogP contribution in [0.15, 0.2) is 77.9 Å². The number of halogens is 1. The number of carbonyl (C=O) groups is 1. The van der Waals surface area contributed by atoms with Crippen LogP contribution in [0.3, 0.4) is 0 Å². The van der Waals surface area contributed by atoms with Crippen LogP contribution in [0.2, 0.25) is 5.02 Å². The standard InChI is InChI=1S/C23H16ClN3O4/c24-17-9-10-22(21(12-17)27(29)30)31-14-23(28)26-25-13-20-18-7-3-1-5-15(18)11-16-6-2-4-8-19(16)20/h1-13H,14H2,(H,26,28). The van der Waals surface area contributed by atoms with Crippen LogP contribution in [0.4, 0.5) is 5.69 Å². The Morgan fingerprint density at radius 2 is 1.68 bits per heavy atom. The number of hydrogen-bond acceptors (Lipinski definition) is 5. The fraction of sp³-hybridized carbons (Fsp3) is 0.0435. The Labute approximate surface area is 182 Å². The Morgan fingerprint density at radius 3 is 2.32 bits per heavy atom. The third-order valence-corrected chi connectivity index (χ3v) is 4.91. The molecule has 4 rings (SSSR count). The second-order valence-electron chi connectivity index (χ2n) is 6.68. The molecule has 1 N–H and O–H groups in total. The number of nitrogens with one attached hydrogen (secondary N) is 1. The van der Waals surface area contributed by atoms with Gasteiger partial charge in [0.2, 0.25) is 0 Å². The smallest absolute Gasteiger partial charge is 0.312 e. The number of ether oxygens (including phenoxy) is 1. The van der Waals surface area contributed by atoms with Gasteiger partial charge in [-0.15, -0.1) is 0 Å². The maximum absolute atomic E-state index is 12.1. The minimum absolute atomic E-state index is 0.0476. The number of amides is 1. The first-order valence-corrected chi connectivity index (χ1v) is 9.70. The van der Waals surface area contributed by atoms with Gasteiger partial charge in [-0.2, -0.15) is 5.10 Å². The zero-order valence-electron chi connectivity index (χ0n) is 16.1. The van der Waals surface area contributed by atoms with Crippen LogP contribution in [0.25, 0.3) is 21.5 Å². The summed E-state index contributed by atoms with van der Waals surface area (Å²) in [5.41, 5.74) is 2.96. The summed E-state index contributed by atoms with van der Waals surface area (Å²) in [6.07, 6.45) is 1.59. The number of nitrogens with zero attached hydrogens (tertiary/aromatic N) is 2. The van der Waals surface area contributed by atoms with Gasteiger partial charge in [-0.1, -0.05) is 60.1 Å². The molecule has 0 heterocycles. The Kier molecular flexibility index (Phi) is 5.77. The number of nitro groups is 1. The predicted molar refractivity (Wildman–Crippen MR) is 121 cm³/mol. The second kappa shape index (κ2) is 8.81. The van der Waals surface area contributed by atoms with Gasteiger partial charge in [-0.25, -0.2) is 5.43 Å². The van der Waals surface area contributed by atoms with Crippen molar-refractivity contribution in [3.8, 4) is 5.75 Å². The fourth-order valence-corrected chi connectivity index (χ4v) is 3.45. The molecule has 1 amide bonds. The molecule has 0 saturated carbocycles. The topological polar surface area (TPSA) is 93.8 Å². The van der Waals surface area contributed by atoms with Gasteiger partial charge in [0.15, 0.2) is 12.4 Å². The van der Waals surface area contributed by atoms with Crippen LogP contribution >= 0.6 is 11.6 Å². The Balaban J connectivity index is 1.51. The third kappa shape index (κ3) is 4.46. The summed E-state index contributed by atoms with van der Waals surface area (Å²) in [7, 11) is 0. The van der Waals surface area contributed by atoms with Crippen molar-refractivity contribution >= 4 is 51.0 Å². The van der Waals surface area contributed by atoms with Crippen LogP contribution in [-0.4, -0.2) is 23.7 Å². The van der Waals surface area contributed by atoms with E-state index in [-0.39, 0.29) is 16.5 Å². The summed E-state index contributed by atoms with van der Waals surface area (Å²) in [6, 6.07) is 21.9. The number of carbonyl (C=O) groups excluding carboxylic acids is 1. The van der Waals surface area contributed by atoms with Crippen LogP contribution in [-0.2, 0) is 4.79 Å². The molecule has 8 heteroatoms. The molecule has 0 aromatic heterocycles. The van der Waals surface area contributed by atoms with E-state index in [0.29, 0.717) is 0 Å². The van der Waals surface area contributed by atoms with Gasteiger partial charge in [0, 0.05) is 16.7 Å². The number of nitro benzene ring substituents is 1. The highest BCUT2D eigenvalue weighted by Gasteiger charge is 2.16. The van der Waals surface area contributed by atoms with Gasteiger partial charge in [0.25, 0.3) is 5.91 Å². The highest BCUT2D eigenvalue weighted by Crippen LogP contribution is 2.30. The molecule has 0 fully saturated rings. The lowest BCUT2D eigenvalue weighted by molar-refractivity contribution is -0.385.